The Labute approximate surface area is 90.6 Å². The molecule has 1 fully saturated rings. The first kappa shape index (κ1) is 11.3. The van der Waals surface area contributed by atoms with Gasteiger partial charge in [-0.25, -0.2) is 0 Å². The van der Waals surface area contributed by atoms with E-state index in [4.69, 9.17) is 0 Å². The molecule has 1 aliphatic rings. The molecule has 0 aromatic heterocycles. The lowest BCUT2D eigenvalue weighted by molar-refractivity contribution is 0.293. The second kappa shape index (κ2) is 4.66. The standard InChI is InChI=1S/C11H18S2/c1-5-6-10-12-7-9(8-13-10)11(2,3)4/h9-10H,7-8H2,1-4H3. The third kappa shape index (κ3) is 3.48. The predicted octanol–water partition coefficient (Wildman–Crippen LogP) is 3.48. The molecule has 0 radical (unpaired) electrons. The van der Waals surface area contributed by atoms with Gasteiger partial charge in [-0.05, 0) is 29.8 Å². The van der Waals surface area contributed by atoms with Gasteiger partial charge in [0.05, 0.1) is 0 Å². The molecule has 74 valence electrons. The molecular weight excluding hydrogens is 196 g/mol. The van der Waals surface area contributed by atoms with Gasteiger partial charge in [-0.15, -0.1) is 29.4 Å². The van der Waals surface area contributed by atoms with Gasteiger partial charge >= 0.3 is 0 Å². The Morgan fingerprint density at radius 2 is 1.69 bits per heavy atom. The summed E-state index contributed by atoms with van der Waals surface area (Å²) in [5.41, 5.74) is 0.463. The van der Waals surface area contributed by atoms with E-state index in [1.807, 2.05) is 30.4 Å². The topological polar surface area (TPSA) is 0 Å². The van der Waals surface area contributed by atoms with Gasteiger partial charge in [0.25, 0.3) is 0 Å². The van der Waals surface area contributed by atoms with Crippen molar-refractivity contribution in [3.05, 3.63) is 0 Å². The molecule has 0 aromatic carbocycles. The highest BCUT2D eigenvalue weighted by Gasteiger charge is 2.29. The largest absolute Gasteiger partial charge is 0.134 e. The fourth-order valence-electron chi connectivity index (χ4n) is 1.20. The van der Waals surface area contributed by atoms with Crippen LogP contribution in [0.5, 0.6) is 0 Å². The van der Waals surface area contributed by atoms with Gasteiger partial charge in [-0.2, -0.15) is 0 Å². The van der Waals surface area contributed by atoms with Crippen molar-refractivity contribution in [2.45, 2.75) is 32.3 Å². The van der Waals surface area contributed by atoms with Crippen LogP contribution in [0.3, 0.4) is 0 Å². The van der Waals surface area contributed by atoms with E-state index in [-0.39, 0.29) is 0 Å². The molecule has 1 saturated heterocycles. The van der Waals surface area contributed by atoms with Gasteiger partial charge < -0.3 is 0 Å². The molecule has 1 rings (SSSR count). The molecule has 0 aromatic rings. The Kier molecular flexibility index (Phi) is 4.06. The summed E-state index contributed by atoms with van der Waals surface area (Å²) >= 11 is 4.02. The monoisotopic (exact) mass is 214 g/mol. The van der Waals surface area contributed by atoms with Crippen LogP contribution in [-0.2, 0) is 0 Å². The summed E-state index contributed by atoms with van der Waals surface area (Å²) in [5, 5.41) is 0. The van der Waals surface area contributed by atoms with E-state index in [0.717, 1.165) is 5.92 Å². The fourth-order valence-corrected chi connectivity index (χ4v) is 4.66. The highest BCUT2D eigenvalue weighted by atomic mass is 32.2. The van der Waals surface area contributed by atoms with Crippen molar-refractivity contribution in [1.29, 1.82) is 0 Å². The van der Waals surface area contributed by atoms with Crippen molar-refractivity contribution < 1.29 is 0 Å². The van der Waals surface area contributed by atoms with E-state index in [1.54, 1.807) is 0 Å². The Bertz CT molecular complexity index is 208. The Morgan fingerprint density at radius 3 is 2.08 bits per heavy atom. The lowest BCUT2D eigenvalue weighted by Gasteiger charge is -2.34. The lowest BCUT2D eigenvalue weighted by Crippen LogP contribution is -2.29. The summed E-state index contributed by atoms with van der Waals surface area (Å²) in [6, 6.07) is 0. The van der Waals surface area contributed by atoms with Gasteiger partial charge in [-0.3, -0.25) is 0 Å². The summed E-state index contributed by atoms with van der Waals surface area (Å²) in [4.78, 5) is 0. The molecule has 1 heterocycles. The molecule has 0 N–H and O–H groups in total. The van der Waals surface area contributed by atoms with Gasteiger partial charge in [-0.1, -0.05) is 26.7 Å². The average molecular weight is 214 g/mol. The summed E-state index contributed by atoms with van der Waals surface area (Å²) in [6.45, 7) is 8.94. The number of hydrogen-bond donors (Lipinski definition) is 0. The Morgan fingerprint density at radius 1 is 1.15 bits per heavy atom. The highest BCUT2D eigenvalue weighted by molar-refractivity contribution is 8.17. The fraction of sp³-hybridized carbons (Fsp3) is 0.818. The summed E-state index contributed by atoms with van der Waals surface area (Å²) in [7, 11) is 0. The molecule has 0 aliphatic carbocycles. The molecular formula is C11H18S2. The zero-order valence-electron chi connectivity index (χ0n) is 8.89. The second-order valence-corrected chi connectivity index (χ2v) is 7.03. The van der Waals surface area contributed by atoms with Gasteiger partial charge in [0.2, 0.25) is 0 Å². The maximum Gasteiger partial charge on any atom is 0.111 e. The van der Waals surface area contributed by atoms with Crippen LogP contribution >= 0.6 is 23.5 Å². The molecule has 0 spiro atoms. The first-order valence-electron chi connectivity index (χ1n) is 4.69. The van der Waals surface area contributed by atoms with Crippen molar-refractivity contribution in [3.8, 4) is 11.8 Å². The van der Waals surface area contributed by atoms with Crippen LogP contribution in [0.15, 0.2) is 0 Å². The van der Waals surface area contributed by atoms with Crippen LogP contribution in [0.1, 0.15) is 27.7 Å². The molecule has 1 aliphatic heterocycles. The number of hydrogen-bond acceptors (Lipinski definition) is 2. The SMILES string of the molecule is CC#CC1SCC(C(C)(C)C)CS1. The smallest absolute Gasteiger partial charge is 0.111 e. The number of thioether (sulfide) groups is 2. The molecule has 2 heteroatoms. The third-order valence-electron chi connectivity index (χ3n) is 2.38. The zero-order chi connectivity index (χ0) is 9.90. The van der Waals surface area contributed by atoms with Crippen molar-refractivity contribution in [1.82, 2.24) is 0 Å². The molecule has 0 saturated carbocycles. The van der Waals surface area contributed by atoms with E-state index in [2.05, 4.69) is 32.6 Å². The first-order valence-corrected chi connectivity index (χ1v) is 6.79. The molecule has 13 heavy (non-hydrogen) atoms. The van der Waals surface area contributed by atoms with Crippen LogP contribution in [-0.4, -0.2) is 16.1 Å². The minimum atomic E-state index is 0.463. The molecule has 0 atom stereocenters. The lowest BCUT2D eigenvalue weighted by atomic mass is 9.83. The van der Waals surface area contributed by atoms with E-state index in [1.165, 1.54) is 11.5 Å². The van der Waals surface area contributed by atoms with E-state index in [0.29, 0.717) is 10.00 Å². The van der Waals surface area contributed by atoms with E-state index < -0.39 is 0 Å². The summed E-state index contributed by atoms with van der Waals surface area (Å²) < 4.78 is 0.531. The van der Waals surface area contributed by atoms with Crippen LogP contribution in [0.25, 0.3) is 0 Å². The van der Waals surface area contributed by atoms with Crippen LogP contribution in [0, 0.1) is 23.2 Å². The van der Waals surface area contributed by atoms with E-state index >= 15 is 0 Å². The van der Waals surface area contributed by atoms with Crippen molar-refractivity contribution in [3.63, 3.8) is 0 Å². The van der Waals surface area contributed by atoms with Crippen molar-refractivity contribution >= 4 is 23.5 Å². The number of rotatable bonds is 0. The quantitative estimate of drug-likeness (QED) is 0.566. The normalized spacial score (nSPS) is 29.2. The van der Waals surface area contributed by atoms with Crippen molar-refractivity contribution in [2.75, 3.05) is 11.5 Å². The van der Waals surface area contributed by atoms with Crippen LogP contribution in [0.4, 0.5) is 0 Å². The molecule has 0 amide bonds. The highest BCUT2D eigenvalue weighted by Crippen LogP contribution is 2.40. The minimum Gasteiger partial charge on any atom is -0.134 e. The third-order valence-corrected chi connectivity index (χ3v) is 5.23. The first-order chi connectivity index (χ1) is 6.04. The van der Waals surface area contributed by atoms with Gasteiger partial charge in [0.15, 0.2) is 0 Å². The maximum atomic E-state index is 3.23. The molecule has 0 nitrogen and oxygen atoms in total. The minimum absolute atomic E-state index is 0.463. The Balaban J connectivity index is 2.42. The van der Waals surface area contributed by atoms with Gasteiger partial charge in [0.1, 0.15) is 4.58 Å². The van der Waals surface area contributed by atoms with Crippen LogP contribution in [0.2, 0.25) is 0 Å². The summed E-state index contributed by atoms with van der Waals surface area (Å²) in [6.07, 6.45) is 0. The Hall–Kier alpha value is 0.260. The van der Waals surface area contributed by atoms with Gasteiger partial charge in [0, 0.05) is 0 Å². The molecule has 0 unspecified atom stereocenters. The zero-order valence-corrected chi connectivity index (χ0v) is 10.5. The average Bonchev–Trinajstić information content (AvgIpc) is 2.04. The maximum absolute atomic E-state index is 3.23. The molecule has 0 bridgehead atoms. The second-order valence-electron chi connectivity index (χ2n) is 4.46. The predicted molar refractivity (Wildman–Crippen MR) is 65.1 cm³/mol. The van der Waals surface area contributed by atoms with E-state index in [9.17, 15) is 0 Å². The summed E-state index contributed by atoms with van der Waals surface area (Å²) in [5.74, 6) is 9.62. The van der Waals surface area contributed by atoms with Crippen LogP contribution < -0.4 is 0 Å². The van der Waals surface area contributed by atoms with Crippen molar-refractivity contribution in [2.24, 2.45) is 11.3 Å².